The van der Waals surface area contributed by atoms with E-state index in [1.54, 1.807) is 11.3 Å². The summed E-state index contributed by atoms with van der Waals surface area (Å²) in [6.45, 7) is 0. The molecule has 5 aromatic heterocycles. The van der Waals surface area contributed by atoms with Crippen LogP contribution in [-0.2, 0) is 0 Å². The molecular formula is C55H30N4O2S. The van der Waals surface area contributed by atoms with Crippen LogP contribution in [0, 0.1) is 0 Å². The molecule has 0 spiro atoms. The van der Waals surface area contributed by atoms with Crippen molar-refractivity contribution in [1.29, 1.82) is 0 Å². The second kappa shape index (κ2) is 12.7. The number of benzene rings is 9. The Morgan fingerprint density at radius 1 is 0.387 bits per heavy atom. The van der Waals surface area contributed by atoms with E-state index >= 15 is 0 Å². The zero-order chi connectivity index (χ0) is 40.5. The Labute approximate surface area is 356 Å². The molecule has 14 rings (SSSR count). The zero-order valence-corrected chi connectivity index (χ0v) is 33.7. The predicted octanol–water partition coefficient (Wildman–Crippen LogP) is 15.3. The molecule has 0 aliphatic heterocycles. The first kappa shape index (κ1) is 33.7. The molecule has 0 saturated carbocycles. The monoisotopic (exact) mass is 810 g/mol. The van der Waals surface area contributed by atoms with Crippen molar-refractivity contribution in [2.45, 2.75) is 0 Å². The number of fused-ring (bicyclic) bond motifs is 13. The van der Waals surface area contributed by atoms with Gasteiger partial charge in [0.25, 0.3) is 0 Å². The maximum Gasteiger partial charge on any atom is 0.167 e. The smallest absolute Gasteiger partial charge is 0.167 e. The van der Waals surface area contributed by atoms with Crippen LogP contribution in [0.15, 0.2) is 191 Å². The predicted molar refractivity (Wildman–Crippen MR) is 255 cm³/mol. The van der Waals surface area contributed by atoms with Gasteiger partial charge >= 0.3 is 0 Å². The van der Waals surface area contributed by atoms with Crippen molar-refractivity contribution in [2.24, 2.45) is 0 Å². The van der Waals surface area contributed by atoms with Gasteiger partial charge in [-0.05, 0) is 77.5 Å². The van der Waals surface area contributed by atoms with Crippen LogP contribution in [0.4, 0.5) is 0 Å². The molecule has 0 saturated heterocycles. The van der Waals surface area contributed by atoms with Crippen LogP contribution in [0.25, 0.3) is 136 Å². The third-order valence-corrected chi connectivity index (χ3v) is 13.6. The summed E-state index contributed by atoms with van der Waals surface area (Å²) in [7, 11) is 0. The lowest BCUT2D eigenvalue weighted by Crippen LogP contribution is -2.01. The van der Waals surface area contributed by atoms with Gasteiger partial charge in [-0.1, -0.05) is 115 Å². The van der Waals surface area contributed by atoms with Crippen LogP contribution in [-0.4, -0.2) is 19.5 Å². The number of hydrogen-bond acceptors (Lipinski definition) is 6. The summed E-state index contributed by atoms with van der Waals surface area (Å²) in [5, 5.41) is 11.4. The number of thiophene rings is 1. The van der Waals surface area contributed by atoms with E-state index in [4.69, 9.17) is 23.8 Å². The molecule has 5 heterocycles. The van der Waals surface area contributed by atoms with E-state index in [1.807, 2.05) is 36.4 Å². The second-order valence-corrected chi connectivity index (χ2v) is 17.0. The van der Waals surface area contributed by atoms with Crippen molar-refractivity contribution in [2.75, 3.05) is 0 Å². The molecule has 0 unspecified atom stereocenters. The van der Waals surface area contributed by atoms with Gasteiger partial charge in [-0.2, -0.15) is 0 Å². The second-order valence-electron chi connectivity index (χ2n) is 15.9. The van der Waals surface area contributed by atoms with Crippen LogP contribution < -0.4 is 0 Å². The largest absolute Gasteiger partial charge is 0.456 e. The van der Waals surface area contributed by atoms with Crippen LogP contribution in [0.3, 0.4) is 0 Å². The fourth-order valence-electron chi connectivity index (χ4n) is 9.57. The van der Waals surface area contributed by atoms with Crippen LogP contribution >= 0.6 is 11.3 Å². The Morgan fingerprint density at radius 3 is 1.84 bits per heavy atom. The SMILES string of the molecule is c1ccc2cc3c(cc2c1)c1ccccc1n3-c1ccc(-c2nc(-c3ccc4c(c3)oc3ccccc34)nc(-c3ccc4c(c3)sc3ccccc34)n2)c2oc3ccccc3c12. The summed E-state index contributed by atoms with van der Waals surface area (Å²) in [6, 6.07) is 63.9. The van der Waals surface area contributed by atoms with E-state index in [1.165, 1.54) is 41.7 Å². The Bertz CT molecular complexity index is 4060. The van der Waals surface area contributed by atoms with E-state index in [0.29, 0.717) is 23.1 Å². The highest BCUT2D eigenvalue weighted by Crippen LogP contribution is 2.44. The van der Waals surface area contributed by atoms with E-state index in [9.17, 15) is 0 Å². The van der Waals surface area contributed by atoms with Crippen LogP contribution in [0.1, 0.15) is 0 Å². The first-order valence-electron chi connectivity index (χ1n) is 20.7. The van der Waals surface area contributed by atoms with Gasteiger partial charge in [-0.25, -0.2) is 15.0 Å². The van der Waals surface area contributed by atoms with Crippen molar-refractivity contribution in [3.63, 3.8) is 0 Å². The number of aromatic nitrogens is 4. The highest BCUT2D eigenvalue weighted by molar-refractivity contribution is 7.25. The van der Waals surface area contributed by atoms with Crippen molar-refractivity contribution >= 4 is 108 Å². The Kier molecular flexibility index (Phi) is 6.89. The van der Waals surface area contributed by atoms with Crippen molar-refractivity contribution < 1.29 is 8.83 Å². The van der Waals surface area contributed by atoms with E-state index in [2.05, 4.69) is 150 Å². The Morgan fingerprint density at radius 2 is 1.00 bits per heavy atom. The van der Waals surface area contributed by atoms with Gasteiger partial charge in [0.05, 0.1) is 27.7 Å². The molecule has 7 heteroatoms. The first-order valence-corrected chi connectivity index (χ1v) is 21.5. The minimum Gasteiger partial charge on any atom is -0.456 e. The summed E-state index contributed by atoms with van der Waals surface area (Å²) in [6.07, 6.45) is 0. The van der Waals surface area contributed by atoms with E-state index < -0.39 is 0 Å². The lowest BCUT2D eigenvalue weighted by Gasteiger charge is -2.13. The van der Waals surface area contributed by atoms with Crippen molar-refractivity contribution in [1.82, 2.24) is 19.5 Å². The summed E-state index contributed by atoms with van der Waals surface area (Å²) < 4.78 is 18.1. The average molecular weight is 811 g/mol. The summed E-state index contributed by atoms with van der Waals surface area (Å²) in [5.41, 5.74) is 8.94. The van der Waals surface area contributed by atoms with Gasteiger partial charge < -0.3 is 13.4 Å². The molecule has 14 aromatic rings. The molecule has 0 radical (unpaired) electrons. The number of nitrogens with zero attached hydrogens (tertiary/aromatic N) is 4. The highest BCUT2D eigenvalue weighted by atomic mass is 32.1. The molecule has 62 heavy (non-hydrogen) atoms. The van der Waals surface area contributed by atoms with Crippen molar-refractivity contribution in [3.8, 4) is 39.9 Å². The van der Waals surface area contributed by atoms with Crippen LogP contribution in [0.5, 0.6) is 0 Å². The van der Waals surface area contributed by atoms with E-state index in [0.717, 1.165) is 71.7 Å². The minimum absolute atomic E-state index is 0.523. The molecule has 6 nitrogen and oxygen atoms in total. The zero-order valence-electron chi connectivity index (χ0n) is 32.8. The Hall–Kier alpha value is -8.13. The standard InChI is InChI=1S/C55H30N4O2S/c1-2-12-32-28-45-42(27-31(32)11-1)35-13-3-7-17-43(35)59(45)44-26-25-41(52-51(44)40-16-5-9-19-47(40)61-52)55-57-53(33-21-23-37-36-14-4-8-18-46(36)60-48(37)29-33)56-54(58-55)34-22-24-39-38-15-6-10-20-49(38)62-50(39)30-34/h1-30H. The third-order valence-electron chi connectivity index (χ3n) is 12.4. The fraction of sp³-hybridized carbons (Fsp3) is 0. The fourth-order valence-corrected chi connectivity index (χ4v) is 10.7. The number of para-hydroxylation sites is 3. The van der Waals surface area contributed by atoms with Gasteiger partial charge in [0, 0.05) is 58.2 Å². The van der Waals surface area contributed by atoms with Gasteiger partial charge in [-0.15, -0.1) is 11.3 Å². The summed E-state index contributed by atoms with van der Waals surface area (Å²) >= 11 is 1.78. The maximum absolute atomic E-state index is 6.92. The average Bonchev–Trinajstić information content (AvgIpc) is 4.09. The minimum atomic E-state index is 0.523. The van der Waals surface area contributed by atoms with Gasteiger partial charge in [-0.3, -0.25) is 0 Å². The molecule has 288 valence electrons. The molecule has 0 bridgehead atoms. The molecule has 0 N–H and O–H groups in total. The highest BCUT2D eigenvalue weighted by Gasteiger charge is 2.24. The normalized spacial score (nSPS) is 12.2. The van der Waals surface area contributed by atoms with Gasteiger partial charge in [0.2, 0.25) is 0 Å². The Balaban J connectivity index is 1.04. The summed E-state index contributed by atoms with van der Waals surface area (Å²) in [4.78, 5) is 15.8. The molecular weight excluding hydrogens is 781 g/mol. The van der Waals surface area contributed by atoms with E-state index in [-0.39, 0.29) is 0 Å². The summed E-state index contributed by atoms with van der Waals surface area (Å²) in [5.74, 6) is 1.65. The molecule has 0 atom stereocenters. The molecule has 9 aromatic carbocycles. The van der Waals surface area contributed by atoms with Gasteiger partial charge in [0.1, 0.15) is 22.3 Å². The molecule has 0 amide bonds. The number of furan rings is 2. The lowest BCUT2D eigenvalue weighted by atomic mass is 10.0. The third kappa shape index (κ3) is 4.88. The molecule has 0 fully saturated rings. The number of hydrogen-bond donors (Lipinski definition) is 0. The molecule has 0 aliphatic rings. The topological polar surface area (TPSA) is 69.9 Å². The maximum atomic E-state index is 6.92. The van der Waals surface area contributed by atoms with Crippen molar-refractivity contribution in [3.05, 3.63) is 182 Å². The first-order chi connectivity index (χ1) is 30.7. The molecule has 0 aliphatic carbocycles. The number of rotatable bonds is 4. The lowest BCUT2D eigenvalue weighted by molar-refractivity contribution is 0.668. The quantitative estimate of drug-likeness (QED) is 0.177. The van der Waals surface area contributed by atoms with Gasteiger partial charge in [0.15, 0.2) is 17.5 Å². The van der Waals surface area contributed by atoms with Crippen LogP contribution in [0.2, 0.25) is 0 Å².